The molecule has 5 nitrogen and oxygen atoms in total. The highest BCUT2D eigenvalue weighted by molar-refractivity contribution is 6.30. The van der Waals surface area contributed by atoms with Crippen LogP contribution in [-0.2, 0) is 4.79 Å². The van der Waals surface area contributed by atoms with Crippen molar-refractivity contribution in [2.24, 2.45) is 0 Å². The lowest BCUT2D eigenvalue weighted by atomic mass is 10.2. The predicted octanol–water partition coefficient (Wildman–Crippen LogP) is 3.06. The second-order valence-electron chi connectivity index (χ2n) is 5.46. The molecule has 2 aromatic carbocycles. The Labute approximate surface area is 145 Å². The molecule has 0 spiro atoms. The number of rotatable bonds is 5. The zero-order chi connectivity index (χ0) is 16.9. The van der Waals surface area contributed by atoms with Gasteiger partial charge in [-0.3, -0.25) is 4.79 Å². The van der Waals surface area contributed by atoms with E-state index in [1.807, 2.05) is 24.3 Å². The number of para-hydroxylation sites is 2. The third-order valence-corrected chi connectivity index (χ3v) is 3.78. The average Bonchev–Trinajstić information content (AvgIpc) is 2.59. The van der Waals surface area contributed by atoms with Crippen LogP contribution in [0.5, 0.6) is 17.2 Å². The van der Waals surface area contributed by atoms with Crippen molar-refractivity contribution in [1.29, 1.82) is 0 Å². The van der Waals surface area contributed by atoms with E-state index < -0.39 is 6.10 Å². The lowest BCUT2D eigenvalue weighted by molar-refractivity contribution is -0.127. The molecule has 2 atom stereocenters. The van der Waals surface area contributed by atoms with E-state index in [0.29, 0.717) is 29.7 Å². The van der Waals surface area contributed by atoms with Gasteiger partial charge in [0, 0.05) is 5.02 Å². The summed E-state index contributed by atoms with van der Waals surface area (Å²) in [7, 11) is 0. The molecule has 0 bridgehead atoms. The molecule has 2 aromatic rings. The quantitative estimate of drug-likeness (QED) is 0.903. The Morgan fingerprint density at radius 3 is 2.88 bits per heavy atom. The van der Waals surface area contributed by atoms with Crippen LogP contribution in [0.25, 0.3) is 0 Å². The number of ether oxygens (including phenoxy) is 3. The smallest absolute Gasteiger partial charge is 0.260 e. The van der Waals surface area contributed by atoms with Crippen LogP contribution in [0.1, 0.15) is 6.92 Å². The molecule has 1 aliphatic rings. The number of fused-ring (bicyclic) bond motifs is 1. The van der Waals surface area contributed by atoms with Crippen molar-refractivity contribution in [3.05, 3.63) is 53.6 Å². The zero-order valence-corrected chi connectivity index (χ0v) is 14.0. The first-order valence-corrected chi connectivity index (χ1v) is 8.08. The molecular formula is C18H18ClNO4. The average molecular weight is 348 g/mol. The Bertz CT molecular complexity index is 722. The highest BCUT2D eigenvalue weighted by atomic mass is 35.5. The van der Waals surface area contributed by atoms with Gasteiger partial charge in [-0.1, -0.05) is 29.8 Å². The van der Waals surface area contributed by atoms with Crippen LogP contribution >= 0.6 is 11.6 Å². The Hall–Kier alpha value is -2.40. The minimum atomic E-state index is -0.639. The standard InChI is InChI=1S/C18H18ClNO4/c1-12(23-14-6-4-5-13(19)9-14)18(21)20-10-15-11-22-16-7-2-3-8-17(16)24-15/h2-9,12,15H,10-11H2,1H3,(H,20,21)/t12-,15+/m1/s1. The molecule has 0 saturated carbocycles. The number of halogens is 1. The molecule has 1 heterocycles. The van der Waals surface area contributed by atoms with Crippen molar-refractivity contribution >= 4 is 17.5 Å². The van der Waals surface area contributed by atoms with Crippen molar-refractivity contribution < 1.29 is 19.0 Å². The number of hydrogen-bond acceptors (Lipinski definition) is 4. The summed E-state index contributed by atoms with van der Waals surface area (Å²) in [5.41, 5.74) is 0. The van der Waals surface area contributed by atoms with Gasteiger partial charge in [-0.2, -0.15) is 0 Å². The first-order chi connectivity index (χ1) is 11.6. The van der Waals surface area contributed by atoms with Crippen LogP contribution in [0, 0.1) is 0 Å². The van der Waals surface area contributed by atoms with Crippen LogP contribution < -0.4 is 19.5 Å². The van der Waals surface area contributed by atoms with Crippen molar-refractivity contribution in [1.82, 2.24) is 5.32 Å². The summed E-state index contributed by atoms with van der Waals surface area (Å²) in [5, 5.41) is 3.38. The molecule has 1 N–H and O–H groups in total. The second-order valence-corrected chi connectivity index (χ2v) is 5.90. The molecule has 126 valence electrons. The summed E-state index contributed by atoms with van der Waals surface area (Å²) in [6.45, 7) is 2.42. The van der Waals surface area contributed by atoms with Gasteiger partial charge in [0.25, 0.3) is 5.91 Å². The van der Waals surface area contributed by atoms with E-state index in [0.717, 1.165) is 5.75 Å². The maximum atomic E-state index is 12.2. The summed E-state index contributed by atoms with van der Waals surface area (Å²) in [6, 6.07) is 14.4. The topological polar surface area (TPSA) is 56.8 Å². The molecule has 6 heteroatoms. The first-order valence-electron chi connectivity index (χ1n) is 7.70. The Morgan fingerprint density at radius 2 is 2.08 bits per heavy atom. The molecule has 0 aromatic heterocycles. The minimum absolute atomic E-state index is 0.225. The van der Waals surface area contributed by atoms with Crippen LogP contribution in [0.3, 0.4) is 0 Å². The minimum Gasteiger partial charge on any atom is -0.486 e. The molecular weight excluding hydrogens is 330 g/mol. The first kappa shape index (κ1) is 16.5. The van der Waals surface area contributed by atoms with Gasteiger partial charge in [-0.15, -0.1) is 0 Å². The SMILES string of the molecule is C[C@@H](Oc1cccc(Cl)c1)C(=O)NC[C@H]1COc2ccccc2O1. The maximum absolute atomic E-state index is 12.2. The monoisotopic (exact) mass is 347 g/mol. The summed E-state index contributed by atoms with van der Waals surface area (Å²) in [5.74, 6) is 1.73. The fraction of sp³-hybridized carbons (Fsp3) is 0.278. The highest BCUT2D eigenvalue weighted by Gasteiger charge is 2.22. The molecule has 0 radical (unpaired) electrons. The van der Waals surface area contributed by atoms with Crippen LogP contribution in [0.2, 0.25) is 5.02 Å². The molecule has 1 amide bonds. The van der Waals surface area contributed by atoms with Gasteiger partial charge >= 0.3 is 0 Å². The third kappa shape index (κ3) is 4.11. The van der Waals surface area contributed by atoms with Crippen LogP contribution in [-0.4, -0.2) is 31.3 Å². The number of carbonyl (C=O) groups is 1. The van der Waals surface area contributed by atoms with E-state index in [1.165, 1.54) is 0 Å². The van der Waals surface area contributed by atoms with Crippen molar-refractivity contribution in [2.45, 2.75) is 19.1 Å². The normalized spacial score (nSPS) is 17.0. The number of amides is 1. The predicted molar refractivity (Wildman–Crippen MR) is 90.9 cm³/mol. The van der Waals surface area contributed by atoms with E-state index in [4.69, 9.17) is 25.8 Å². The largest absolute Gasteiger partial charge is 0.486 e. The van der Waals surface area contributed by atoms with Gasteiger partial charge in [0.2, 0.25) is 0 Å². The van der Waals surface area contributed by atoms with E-state index in [2.05, 4.69) is 5.32 Å². The molecule has 0 fully saturated rings. The summed E-state index contributed by atoms with van der Waals surface area (Å²) < 4.78 is 17.0. The molecule has 0 aliphatic carbocycles. The Kier molecular flexibility index (Phi) is 5.11. The zero-order valence-electron chi connectivity index (χ0n) is 13.2. The summed E-state index contributed by atoms with van der Waals surface area (Å²) >= 11 is 5.90. The van der Waals surface area contributed by atoms with Gasteiger partial charge in [0.15, 0.2) is 17.6 Å². The van der Waals surface area contributed by atoms with Crippen LogP contribution in [0.15, 0.2) is 48.5 Å². The lowest BCUT2D eigenvalue weighted by Crippen LogP contribution is -2.44. The van der Waals surface area contributed by atoms with Crippen molar-refractivity contribution in [3.8, 4) is 17.2 Å². The van der Waals surface area contributed by atoms with E-state index >= 15 is 0 Å². The van der Waals surface area contributed by atoms with Crippen LogP contribution in [0.4, 0.5) is 0 Å². The fourth-order valence-corrected chi connectivity index (χ4v) is 2.50. The fourth-order valence-electron chi connectivity index (χ4n) is 2.32. The third-order valence-electron chi connectivity index (χ3n) is 3.55. The van der Waals surface area contributed by atoms with Gasteiger partial charge in [-0.25, -0.2) is 0 Å². The van der Waals surface area contributed by atoms with Crippen molar-refractivity contribution in [2.75, 3.05) is 13.2 Å². The number of carbonyl (C=O) groups excluding carboxylic acids is 1. The van der Waals surface area contributed by atoms with E-state index in [9.17, 15) is 4.79 Å². The summed E-state index contributed by atoms with van der Waals surface area (Å²) in [6.07, 6.45) is -0.873. The van der Waals surface area contributed by atoms with E-state index in [-0.39, 0.29) is 12.0 Å². The molecule has 3 rings (SSSR count). The summed E-state index contributed by atoms with van der Waals surface area (Å²) in [4.78, 5) is 12.2. The molecule has 1 aliphatic heterocycles. The van der Waals surface area contributed by atoms with Gasteiger partial charge < -0.3 is 19.5 Å². The molecule has 24 heavy (non-hydrogen) atoms. The molecule has 0 unspecified atom stereocenters. The highest BCUT2D eigenvalue weighted by Crippen LogP contribution is 2.30. The second kappa shape index (κ2) is 7.45. The number of benzene rings is 2. The Morgan fingerprint density at radius 1 is 1.29 bits per heavy atom. The van der Waals surface area contributed by atoms with Crippen molar-refractivity contribution in [3.63, 3.8) is 0 Å². The van der Waals surface area contributed by atoms with E-state index in [1.54, 1.807) is 31.2 Å². The van der Waals surface area contributed by atoms with Gasteiger partial charge in [0.05, 0.1) is 6.54 Å². The number of nitrogens with one attached hydrogen (secondary N) is 1. The number of hydrogen-bond donors (Lipinski definition) is 1. The van der Waals surface area contributed by atoms with Gasteiger partial charge in [0.1, 0.15) is 18.5 Å². The Balaban J connectivity index is 1.49. The van der Waals surface area contributed by atoms with Gasteiger partial charge in [-0.05, 0) is 37.3 Å². The lowest BCUT2D eigenvalue weighted by Gasteiger charge is -2.27. The maximum Gasteiger partial charge on any atom is 0.260 e. The molecule has 0 saturated heterocycles.